The predicted octanol–water partition coefficient (Wildman–Crippen LogP) is 4.29. The van der Waals surface area contributed by atoms with Gasteiger partial charge in [0.05, 0.1) is 6.61 Å². The summed E-state index contributed by atoms with van der Waals surface area (Å²) in [7, 11) is 0. The minimum Gasteiger partial charge on any atom is -0.496 e. The minimum absolute atomic E-state index is 0.0936. The number of amides is 2. The van der Waals surface area contributed by atoms with Crippen molar-refractivity contribution >= 4 is 40.9 Å². The third-order valence-electron chi connectivity index (χ3n) is 4.42. The lowest BCUT2D eigenvalue weighted by molar-refractivity contribution is -0.122. The van der Waals surface area contributed by atoms with E-state index in [1.54, 1.807) is 31.2 Å². The van der Waals surface area contributed by atoms with E-state index in [2.05, 4.69) is 5.32 Å². The molecule has 5 nitrogen and oxygen atoms in total. The van der Waals surface area contributed by atoms with E-state index in [9.17, 15) is 9.59 Å². The molecule has 1 heterocycles. The number of nitrogens with one attached hydrogen (secondary N) is 1. The number of rotatable bonds is 6. The van der Waals surface area contributed by atoms with Crippen LogP contribution in [0.25, 0.3) is 0 Å². The summed E-state index contributed by atoms with van der Waals surface area (Å²) >= 11 is 7.44. The van der Waals surface area contributed by atoms with Crippen molar-refractivity contribution in [1.29, 1.82) is 0 Å². The van der Waals surface area contributed by atoms with Crippen molar-refractivity contribution in [3.63, 3.8) is 0 Å². The van der Waals surface area contributed by atoms with Gasteiger partial charge >= 0.3 is 0 Å². The molecule has 1 aliphatic heterocycles. The van der Waals surface area contributed by atoms with Gasteiger partial charge in [-0.3, -0.25) is 14.5 Å². The Bertz CT molecular complexity index is 928. The van der Waals surface area contributed by atoms with E-state index in [0.717, 1.165) is 11.1 Å². The molecule has 0 fully saturated rings. The number of ether oxygens (including phenoxy) is 1. The summed E-state index contributed by atoms with van der Waals surface area (Å²) in [6, 6.07) is 14.8. The number of aryl methyl sites for hydroxylation is 1. The Morgan fingerprint density at radius 2 is 1.93 bits per heavy atom. The minimum atomic E-state index is -0.250. The van der Waals surface area contributed by atoms with Gasteiger partial charge in [0.1, 0.15) is 17.2 Å². The Labute approximate surface area is 180 Å². The number of halogens is 1. The Kier molecular flexibility index (Phi) is 7.23. The van der Waals surface area contributed by atoms with Gasteiger partial charge in [0, 0.05) is 23.0 Å². The second-order valence-electron chi connectivity index (χ2n) is 6.72. The SMILES string of the molecule is CC1=C(C(=O)N(CC(=O)NCc2cccc(C)c2)c2ccc(Cl)cc2)SCCO1. The van der Waals surface area contributed by atoms with Gasteiger partial charge in [0.25, 0.3) is 5.91 Å². The maximum atomic E-state index is 13.2. The molecule has 0 saturated heterocycles. The number of hydrogen-bond acceptors (Lipinski definition) is 4. The van der Waals surface area contributed by atoms with Crippen molar-refractivity contribution < 1.29 is 14.3 Å². The molecular formula is C22H23ClN2O3S. The zero-order valence-electron chi connectivity index (χ0n) is 16.4. The molecule has 152 valence electrons. The Morgan fingerprint density at radius 3 is 2.62 bits per heavy atom. The van der Waals surface area contributed by atoms with E-state index in [0.29, 0.717) is 40.3 Å². The normalized spacial score (nSPS) is 13.6. The third-order valence-corrected chi connectivity index (χ3v) is 5.79. The average molecular weight is 431 g/mol. The lowest BCUT2D eigenvalue weighted by Gasteiger charge is -2.26. The second-order valence-corrected chi connectivity index (χ2v) is 8.26. The molecule has 0 bridgehead atoms. The highest BCUT2D eigenvalue weighted by atomic mass is 35.5. The molecule has 1 N–H and O–H groups in total. The van der Waals surface area contributed by atoms with Gasteiger partial charge in [-0.1, -0.05) is 41.4 Å². The number of benzene rings is 2. The van der Waals surface area contributed by atoms with Gasteiger partial charge in [-0.15, -0.1) is 11.8 Å². The highest BCUT2D eigenvalue weighted by molar-refractivity contribution is 8.04. The number of nitrogens with zero attached hydrogens (tertiary/aromatic N) is 1. The monoisotopic (exact) mass is 430 g/mol. The quantitative estimate of drug-likeness (QED) is 0.742. The van der Waals surface area contributed by atoms with Gasteiger partial charge in [0.15, 0.2) is 0 Å². The number of carbonyl (C=O) groups is 2. The standard InChI is InChI=1S/C22H23ClN2O3S/c1-15-4-3-5-17(12-15)13-24-20(26)14-25(19-8-6-18(23)7-9-19)22(27)21-16(2)28-10-11-29-21/h3-9,12H,10-11,13-14H2,1-2H3,(H,24,26). The molecule has 3 rings (SSSR count). The number of allylic oxidation sites excluding steroid dienone is 1. The molecule has 2 aromatic carbocycles. The van der Waals surface area contributed by atoms with Crippen LogP contribution in [0.2, 0.25) is 5.02 Å². The van der Waals surface area contributed by atoms with Crippen LogP contribution in [0.4, 0.5) is 5.69 Å². The fourth-order valence-electron chi connectivity index (χ4n) is 2.96. The van der Waals surface area contributed by atoms with Crippen LogP contribution in [0, 0.1) is 6.92 Å². The molecule has 0 aliphatic carbocycles. The Balaban J connectivity index is 1.76. The van der Waals surface area contributed by atoms with Crippen LogP contribution >= 0.6 is 23.4 Å². The maximum Gasteiger partial charge on any atom is 0.268 e. The summed E-state index contributed by atoms with van der Waals surface area (Å²) in [5, 5.41) is 3.46. The largest absolute Gasteiger partial charge is 0.496 e. The molecule has 2 amide bonds. The van der Waals surface area contributed by atoms with Crippen molar-refractivity contribution in [3.05, 3.63) is 75.3 Å². The maximum absolute atomic E-state index is 13.2. The summed E-state index contributed by atoms with van der Waals surface area (Å²) in [6.07, 6.45) is 0. The van der Waals surface area contributed by atoms with Gasteiger partial charge < -0.3 is 10.1 Å². The van der Waals surface area contributed by atoms with E-state index < -0.39 is 0 Å². The molecule has 0 unspecified atom stereocenters. The number of carbonyl (C=O) groups excluding carboxylic acids is 2. The molecule has 7 heteroatoms. The first-order valence-corrected chi connectivity index (χ1v) is 10.7. The van der Waals surface area contributed by atoms with Crippen LogP contribution in [0.5, 0.6) is 0 Å². The first-order chi connectivity index (χ1) is 13.9. The molecule has 0 radical (unpaired) electrons. The third kappa shape index (κ3) is 5.78. The van der Waals surface area contributed by atoms with Crippen LogP contribution in [-0.2, 0) is 20.9 Å². The zero-order chi connectivity index (χ0) is 20.8. The molecule has 29 heavy (non-hydrogen) atoms. The van der Waals surface area contributed by atoms with Crippen molar-refractivity contribution in [2.75, 3.05) is 23.8 Å². The molecule has 1 aliphatic rings. The highest BCUT2D eigenvalue weighted by Crippen LogP contribution is 2.29. The van der Waals surface area contributed by atoms with Crippen LogP contribution in [0.15, 0.2) is 59.2 Å². The lowest BCUT2D eigenvalue weighted by Crippen LogP contribution is -2.41. The van der Waals surface area contributed by atoms with E-state index in [-0.39, 0.29) is 18.4 Å². The second kappa shape index (κ2) is 9.85. The van der Waals surface area contributed by atoms with Crippen LogP contribution < -0.4 is 10.2 Å². The zero-order valence-corrected chi connectivity index (χ0v) is 18.0. The van der Waals surface area contributed by atoms with Gasteiger partial charge in [-0.25, -0.2) is 0 Å². The average Bonchev–Trinajstić information content (AvgIpc) is 2.71. The van der Waals surface area contributed by atoms with Crippen molar-refractivity contribution in [2.24, 2.45) is 0 Å². The molecular weight excluding hydrogens is 408 g/mol. The number of hydrogen-bond donors (Lipinski definition) is 1. The summed E-state index contributed by atoms with van der Waals surface area (Å²) in [5.41, 5.74) is 2.75. The number of thioether (sulfide) groups is 1. The topological polar surface area (TPSA) is 58.6 Å². The summed E-state index contributed by atoms with van der Waals surface area (Å²) in [4.78, 5) is 27.8. The number of anilines is 1. The van der Waals surface area contributed by atoms with Gasteiger partial charge in [0.2, 0.25) is 5.91 Å². The van der Waals surface area contributed by atoms with Gasteiger partial charge in [-0.05, 0) is 43.7 Å². The summed E-state index contributed by atoms with van der Waals surface area (Å²) in [5.74, 6) is 0.798. The fourth-order valence-corrected chi connectivity index (χ4v) is 3.96. The van der Waals surface area contributed by atoms with E-state index in [1.807, 2.05) is 31.2 Å². The van der Waals surface area contributed by atoms with Crippen molar-refractivity contribution in [2.45, 2.75) is 20.4 Å². The fraction of sp³-hybridized carbons (Fsp3) is 0.273. The van der Waals surface area contributed by atoms with E-state index in [1.165, 1.54) is 16.7 Å². The summed E-state index contributed by atoms with van der Waals surface area (Å²) < 4.78 is 5.53. The highest BCUT2D eigenvalue weighted by Gasteiger charge is 2.27. The lowest BCUT2D eigenvalue weighted by atomic mass is 10.1. The van der Waals surface area contributed by atoms with Crippen LogP contribution in [0.3, 0.4) is 0 Å². The Hall–Kier alpha value is -2.44. The molecule has 0 spiro atoms. The van der Waals surface area contributed by atoms with Crippen LogP contribution in [-0.4, -0.2) is 30.7 Å². The molecule has 0 aromatic heterocycles. The first kappa shape index (κ1) is 21.3. The molecule has 0 saturated carbocycles. The van der Waals surface area contributed by atoms with E-state index in [4.69, 9.17) is 16.3 Å². The molecule has 0 atom stereocenters. The van der Waals surface area contributed by atoms with Crippen molar-refractivity contribution in [3.8, 4) is 0 Å². The van der Waals surface area contributed by atoms with E-state index >= 15 is 0 Å². The van der Waals surface area contributed by atoms with Crippen molar-refractivity contribution in [1.82, 2.24) is 5.32 Å². The first-order valence-electron chi connectivity index (χ1n) is 9.30. The molecule has 2 aromatic rings. The Morgan fingerprint density at radius 1 is 1.17 bits per heavy atom. The van der Waals surface area contributed by atoms with Crippen LogP contribution in [0.1, 0.15) is 18.1 Å². The smallest absolute Gasteiger partial charge is 0.268 e. The van der Waals surface area contributed by atoms with Gasteiger partial charge in [-0.2, -0.15) is 0 Å². The summed E-state index contributed by atoms with van der Waals surface area (Å²) in [6.45, 7) is 4.67. The predicted molar refractivity (Wildman–Crippen MR) is 118 cm³/mol.